The minimum absolute atomic E-state index is 0.118. The van der Waals surface area contributed by atoms with Crippen molar-refractivity contribution in [1.82, 2.24) is 10.3 Å². The zero-order valence-electron chi connectivity index (χ0n) is 16.9. The van der Waals surface area contributed by atoms with Gasteiger partial charge in [0.25, 0.3) is 0 Å². The van der Waals surface area contributed by atoms with Crippen LogP contribution in [0.4, 0.5) is 5.69 Å². The second-order valence-corrected chi connectivity index (χ2v) is 7.70. The summed E-state index contributed by atoms with van der Waals surface area (Å²) >= 11 is 0. The van der Waals surface area contributed by atoms with Gasteiger partial charge in [-0.2, -0.15) is 0 Å². The molecule has 0 bridgehead atoms. The van der Waals surface area contributed by atoms with E-state index in [2.05, 4.69) is 10.6 Å². The molecule has 0 aliphatic heterocycles. The van der Waals surface area contributed by atoms with Crippen molar-refractivity contribution < 1.29 is 9.59 Å². The number of anilines is 1. The van der Waals surface area contributed by atoms with Crippen molar-refractivity contribution in [2.45, 2.75) is 38.1 Å². The molecule has 0 radical (unpaired) electrons. The molecule has 0 saturated carbocycles. The lowest BCUT2D eigenvalue weighted by molar-refractivity contribution is -0.125. The zero-order valence-corrected chi connectivity index (χ0v) is 16.9. The highest BCUT2D eigenvalue weighted by atomic mass is 16.2. The molecule has 0 saturated heterocycles. The number of hydrogen-bond acceptors (Lipinski definition) is 4. The number of pyridine rings is 1. The molecule has 2 aromatic carbocycles. The molecule has 0 spiro atoms. The third kappa shape index (κ3) is 4.49. The number of nitrogens with two attached hydrogens (primary N) is 1. The highest BCUT2D eigenvalue weighted by Crippen LogP contribution is 2.33. The van der Waals surface area contributed by atoms with Gasteiger partial charge >= 0.3 is 0 Å². The van der Waals surface area contributed by atoms with Crippen LogP contribution >= 0.6 is 0 Å². The smallest absolute Gasteiger partial charge is 0.243 e. The quantitative estimate of drug-likeness (QED) is 0.591. The number of amides is 2. The highest BCUT2D eigenvalue weighted by Gasteiger charge is 2.20. The maximum atomic E-state index is 12.6. The Morgan fingerprint density at radius 2 is 1.73 bits per heavy atom. The Morgan fingerprint density at radius 3 is 2.57 bits per heavy atom. The van der Waals surface area contributed by atoms with E-state index in [1.807, 2.05) is 54.6 Å². The maximum Gasteiger partial charge on any atom is 0.243 e. The molecule has 1 aliphatic rings. The lowest BCUT2D eigenvalue weighted by atomic mass is 9.92. The van der Waals surface area contributed by atoms with Gasteiger partial charge in [0.1, 0.15) is 0 Å². The molecule has 30 heavy (non-hydrogen) atoms. The lowest BCUT2D eigenvalue weighted by Gasteiger charge is -2.21. The van der Waals surface area contributed by atoms with E-state index in [-0.39, 0.29) is 18.4 Å². The number of rotatable bonds is 6. The van der Waals surface area contributed by atoms with Crippen LogP contribution in [0.25, 0.3) is 10.9 Å². The molecule has 1 heterocycles. The molecule has 1 aliphatic carbocycles. The van der Waals surface area contributed by atoms with E-state index < -0.39 is 6.04 Å². The Hall–Kier alpha value is -3.25. The highest BCUT2D eigenvalue weighted by molar-refractivity contribution is 6.04. The van der Waals surface area contributed by atoms with Crippen LogP contribution in [0.5, 0.6) is 0 Å². The normalized spacial score (nSPS) is 14.0. The summed E-state index contributed by atoms with van der Waals surface area (Å²) in [5, 5.41) is 6.61. The maximum absolute atomic E-state index is 12.6. The number of nitrogens with one attached hydrogen (secondary N) is 2. The van der Waals surface area contributed by atoms with Crippen LogP contribution in [-0.4, -0.2) is 29.4 Å². The summed E-state index contributed by atoms with van der Waals surface area (Å²) in [6.07, 6.45) is 4.45. The number of carbonyl (C=O) groups is 2. The van der Waals surface area contributed by atoms with E-state index in [0.29, 0.717) is 6.42 Å². The van der Waals surface area contributed by atoms with E-state index >= 15 is 0 Å². The Bertz CT molecular complexity index is 1070. The molecule has 154 valence electrons. The largest absolute Gasteiger partial charge is 0.346 e. The number of para-hydroxylation sites is 1. The predicted molar refractivity (Wildman–Crippen MR) is 118 cm³/mol. The summed E-state index contributed by atoms with van der Waals surface area (Å²) in [6.45, 7) is -0.118. The van der Waals surface area contributed by atoms with Gasteiger partial charge in [0, 0.05) is 11.1 Å². The van der Waals surface area contributed by atoms with E-state index in [1.54, 1.807) is 0 Å². The molecular weight excluding hydrogens is 376 g/mol. The van der Waals surface area contributed by atoms with Crippen LogP contribution in [-0.2, 0) is 28.9 Å². The van der Waals surface area contributed by atoms with E-state index in [9.17, 15) is 9.59 Å². The summed E-state index contributed by atoms with van der Waals surface area (Å²) in [5.74, 6) is -0.602. The summed E-state index contributed by atoms with van der Waals surface area (Å²) < 4.78 is 0. The van der Waals surface area contributed by atoms with Crippen molar-refractivity contribution in [3.8, 4) is 0 Å². The number of aromatic nitrogens is 1. The van der Waals surface area contributed by atoms with E-state index in [1.165, 1.54) is 0 Å². The average molecular weight is 402 g/mol. The first kappa shape index (κ1) is 20.0. The second kappa shape index (κ2) is 9.05. The van der Waals surface area contributed by atoms with E-state index in [4.69, 9.17) is 10.7 Å². The third-order valence-corrected chi connectivity index (χ3v) is 5.49. The number of benzene rings is 2. The predicted octanol–water partition coefficient (Wildman–Crippen LogP) is 2.74. The molecule has 2 amide bonds. The van der Waals surface area contributed by atoms with Gasteiger partial charge in [-0.25, -0.2) is 0 Å². The first-order chi connectivity index (χ1) is 14.6. The second-order valence-electron chi connectivity index (χ2n) is 7.70. The topological polar surface area (TPSA) is 97.1 Å². The van der Waals surface area contributed by atoms with Gasteiger partial charge in [0.15, 0.2) is 0 Å². The van der Waals surface area contributed by atoms with Crippen LogP contribution in [0.1, 0.15) is 29.7 Å². The minimum Gasteiger partial charge on any atom is -0.346 e. The third-order valence-electron chi connectivity index (χ3n) is 5.49. The van der Waals surface area contributed by atoms with Gasteiger partial charge in [-0.05, 0) is 49.3 Å². The summed E-state index contributed by atoms with van der Waals surface area (Å²) in [7, 11) is 0. The fraction of sp³-hybridized carbons (Fsp3) is 0.292. The Labute approximate surface area is 175 Å². The number of aryl methyl sites for hydroxylation is 1. The molecule has 3 aromatic rings. The molecule has 4 rings (SSSR count). The summed E-state index contributed by atoms with van der Waals surface area (Å²) in [5.41, 5.74) is 10.9. The average Bonchev–Trinajstić information content (AvgIpc) is 2.78. The van der Waals surface area contributed by atoms with Crippen molar-refractivity contribution in [1.29, 1.82) is 0 Å². The fourth-order valence-corrected chi connectivity index (χ4v) is 3.96. The zero-order chi connectivity index (χ0) is 20.9. The van der Waals surface area contributed by atoms with Gasteiger partial charge in [0.05, 0.1) is 23.8 Å². The summed E-state index contributed by atoms with van der Waals surface area (Å²) in [4.78, 5) is 29.7. The monoisotopic (exact) mass is 402 g/mol. The number of hydrogen-bond donors (Lipinski definition) is 3. The van der Waals surface area contributed by atoms with Gasteiger partial charge in [0.2, 0.25) is 11.8 Å². The Kier molecular flexibility index (Phi) is 6.05. The molecule has 1 aromatic heterocycles. The van der Waals surface area contributed by atoms with E-state index in [0.717, 1.165) is 59.1 Å². The number of nitrogens with zero attached hydrogens (tertiary/aromatic N) is 1. The van der Waals surface area contributed by atoms with Crippen molar-refractivity contribution in [3.05, 3.63) is 71.4 Å². The molecule has 1 atom stereocenters. The van der Waals surface area contributed by atoms with Crippen molar-refractivity contribution in [2.24, 2.45) is 5.73 Å². The minimum atomic E-state index is -0.699. The lowest BCUT2D eigenvalue weighted by Crippen LogP contribution is -2.44. The first-order valence-corrected chi connectivity index (χ1v) is 10.4. The number of fused-ring (bicyclic) bond motifs is 2. The van der Waals surface area contributed by atoms with Crippen LogP contribution < -0.4 is 16.4 Å². The van der Waals surface area contributed by atoms with Crippen LogP contribution in [0, 0.1) is 0 Å². The first-order valence-electron chi connectivity index (χ1n) is 10.4. The Balaban J connectivity index is 1.43. The van der Waals surface area contributed by atoms with Crippen LogP contribution in [0.15, 0.2) is 54.6 Å². The summed E-state index contributed by atoms with van der Waals surface area (Å²) in [6, 6.07) is 16.7. The van der Waals surface area contributed by atoms with Crippen molar-refractivity contribution >= 4 is 28.4 Å². The molecule has 0 unspecified atom stereocenters. The fourth-order valence-electron chi connectivity index (χ4n) is 3.96. The molecule has 6 heteroatoms. The number of carbonyl (C=O) groups excluding carboxylic acids is 2. The van der Waals surface area contributed by atoms with Gasteiger partial charge in [-0.3, -0.25) is 14.6 Å². The Morgan fingerprint density at radius 1 is 1.00 bits per heavy atom. The molecular formula is C24H26N4O2. The van der Waals surface area contributed by atoms with Gasteiger partial charge < -0.3 is 16.4 Å². The standard InChI is InChI=1S/C24H26N4O2/c25-19(14-16-8-2-1-3-9-16)24(30)26-15-22(29)28-23-17-10-4-6-12-20(17)27-21-13-7-5-11-18(21)23/h1-4,6,8-10,12,19H,5,7,11,13-15,25H2,(H,26,30)(H,27,28,29)/t19-/m0/s1. The molecule has 0 fully saturated rings. The van der Waals surface area contributed by atoms with Gasteiger partial charge in [-0.15, -0.1) is 0 Å². The SMILES string of the molecule is N[C@@H](Cc1ccccc1)C(=O)NCC(=O)Nc1c2c(nc3ccccc13)CCCC2. The van der Waals surface area contributed by atoms with Crippen molar-refractivity contribution in [3.63, 3.8) is 0 Å². The molecule has 6 nitrogen and oxygen atoms in total. The van der Waals surface area contributed by atoms with Crippen LogP contribution in [0.2, 0.25) is 0 Å². The van der Waals surface area contributed by atoms with Crippen molar-refractivity contribution in [2.75, 3.05) is 11.9 Å². The molecule has 4 N–H and O–H groups in total. The van der Waals surface area contributed by atoms with Crippen LogP contribution in [0.3, 0.4) is 0 Å². The van der Waals surface area contributed by atoms with Gasteiger partial charge in [-0.1, -0.05) is 48.5 Å².